The molecule has 18 heavy (non-hydrogen) atoms. The van der Waals surface area contributed by atoms with E-state index in [-0.39, 0.29) is 13.1 Å². The molecule has 2 N–H and O–H groups in total. The van der Waals surface area contributed by atoms with E-state index in [4.69, 9.17) is 9.84 Å². The Morgan fingerprint density at radius 1 is 1.56 bits per heavy atom. The Morgan fingerprint density at radius 2 is 2.33 bits per heavy atom. The van der Waals surface area contributed by atoms with Crippen LogP contribution in [0.2, 0.25) is 0 Å². The van der Waals surface area contributed by atoms with Gasteiger partial charge in [-0.25, -0.2) is 4.79 Å². The summed E-state index contributed by atoms with van der Waals surface area (Å²) in [6, 6.07) is 1.50. The minimum atomic E-state index is -1.04. The number of methoxy groups -OCH3 is 1. The molecule has 1 aromatic rings. The van der Waals surface area contributed by atoms with Crippen molar-refractivity contribution in [1.29, 1.82) is 0 Å². The first-order valence-corrected chi connectivity index (χ1v) is 6.32. The van der Waals surface area contributed by atoms with Crippen molar-refractivity contribution in [3.63, 3.8) is 0 Å². The lowest BCUT2D eigenvalue weighted by Crippen LogP contribution is -2.44. The molecule has 0 bridgehead atoms. The number of hydrogen-bond acceptors (Lipinski definition) is 4. The summed E-state index contributed by atoms with van der Waals surface area (Å²) < 4.78 is 4.84. The maximum Gasteiger partial charge on any atom is 0.323 e. The van der Waals surface area contributed by atoms with Gasteiger partial charge in [0.25, 0.3) is 0 Å². The number of carbonyl (C=O) groups excluding carboxylic acids is 1. The Morgan fingerprint density at radius 3 is 2.89 bits per heavy atom. The van der Waals surface area contributed by atoms with Gasteiger partial charge in [0.15, 0.2) is 0 Å². The molecule has 0 aromatic carbocycles. The van der Waals surface area contributed by atoms with Crippen molar-refractivity contribution in [2.24, 2.45) is 0 Å². The maximum atomic E-state index is 11.8. The molecule has 0 aliphatic heterocycles. The molecule has 0 aliphatic carbocycles. The lowest BCUT2D eigenvalue weighted by Gasteiger charge is -2.20. The first kappa shape index (κ1) is 14.5. The third-order valence-corrected chi connectivity index (χ3v) is 2.93. The zero-order chi connectivity index (χ0) is 13.4. The Kier molecular flexibility index (Phi) is 6.16. The lowest BCUT2D eigenvalue weighted by molar-refractivity contribution is -0.137. The topological polar surface area (TPSA) is 78.9 Å². The summed E-state index contributed by atoms with van der Waals surface area (Å²) in [7, 11) is 1.50. The highest BCUT2D eigenvalue weighted by molar-refractivity contribution is 7.07. The van der Waals surface area contributed by atoms with Crippen LogP contribution in [-0.2, 0) is 16.1 Å². The molecule has 0 spiro atoms. The van der Waals surface area contributed by atoms with Crippen LogP contribution >= 0.6 is 11.3 Å². The Hall–Kier alpha value is -1.60. The van der Waals surface area contributed by atoms with Crippen LogP contribution in [0.25, 0.3) is 0 Å². The maximum absolute atomic E-state index is 11.8. The number of ether oxygens (including phenoxy) is 1. The fraction of sp³-hybridized carbons (Fsp3) is 0.455. The van der Waals surface area contributed by atoms with Gasteiger partial charge < -0.3 is 20.1 Å². The van der Waals surface area contributed by atoms with E-state index in [0.29, 0.717) is 13.2 Å². The molecule has 0 saturated carbocycles. The molecule has 1 rings (SSSR count). The number of carboxylic acids is 1. The number of hydrogen-bond donors (Lipinski definition) is 2. The average molecular weight is 272 g/mol. The summed E-state index contributed by atoms with van der Waals surface area (Å²) in [4.78, 5) is 23.6. The van der Waals surface area contributed by atoms with Gasteiger partial charge in [0.1, 0.15) is 6.54 Å². The third kappa shape index (κ3) is 5.15. The number of amides is 2. The second-order valence-electron chi connectivity index (χ2n) is 3.60. The van der Waals surface area contributed by atoms with Crippen molar-refractivity contribution in [2.75, 3.05) is 26.8 Å². The zero-order valence-electron chi connectivity index (χ0n) is 10.1. The Bertz CT molecular complexity index is 380. The molecule has 0 saturated heterocycles. The largest absolute Gasteiger partial charge is 0.480 e. The van der Waals surface area contributed by atoms with E-state index < -0.39 is 12.0 Å². The minimum Gasteiger partial charge on any atom is -0.480 e. The fourth-order valence-electron chi connectivity index (χ4n) is 1.30. The lowest BCUT2D eigenvalue weighted by atomic mass is 10.3. The number of urea groups is 1. The van der Waals surface area contributed by atoms with E-state index in [0.717, 1.165) is 5.56 Å². The normalized spacial score (nSPS) is 10.1. The van der Waals surface area contributed by atoms with Gasteiger partial charge in [-0.1, -0.05) is 0 Å². The van der Waals surface area contributed by atoms with Gasteiger partial charge in [0.2, 0.25) is 0 Å². The first-order chi connectivity index (χ1) is 8.63. The van der Waals surface area contributed by atoms with Gasteiger partial charge in [-0.15, -0.1) is 0 Å². The highest BCUT2D eigenvalue weighted by Crippen LogP contribution is 2.05. The standard InChI is InChI=1S/C11H16N2O4S/c1-17-4-3-13(7-10(14)15)11(16)12-6-9-2-5-18-8-9/h2,5,8H,3-4,6-7H2,1H3,(H,12,16)(H,14,15). The molecule has 0 aliphatic rings. The van der Waals surface area contributed by atoms with Crippen LogP contribution < -0.4 is 5.32 Å². The van der Waals surface area contributed by atoms with Gasteiger partial charge >= 0.3 is 12.0 Å². The van der Waals surface area contributed by atoms with Crippen LogP contribution in [-0.4, -0.2) is 48.8 Å². The molecular weight excluding hydrogens is 256 g/mol. The van der Waals surface area contributed by atoms with Crippen molar-refractivity contribution in [3.8, 4) is 0 Å². The van der Waals surface area contributed by atoms with Crippen LogP contribution in [0.3, 0.4) is 0 Å². The van der Waals surface area contributed by atoms with E-state index in [2.05, 4.69) is 5.32 Å². The summed E-state index contributed by atoms with van der Waals surface area (Å²) in [5.74, 6) is -1.04. The molecule has 0 radical (unpaired) electrons. The summed E-state index contributed by atoms with van der Waals surface area (Å²) in [6.07, 6.45) is 0. The number of thiophene rings is 1. The summed E-state index contributed by atoms with van der Waals surface area (Å²) in [5.41, 5.74) is 0.996. The SMILES string of the molecule is COCCN(CC(=O)O)C(=O)NCc1ccsc1. The molecule has 0 unspecified atom stereocenters. The van der Waals surface area contributed by atoms with E-state index in [1.54, 1.807) is 11.3 Å². The van der Waals surface area contributed by atoms with Crippen LogP contribution in [0, 0.1) is 0 Å². The van der Waals surface area contributed by atoms with Crippen molar-refractivity contribution < 1.29 is 19.4 Å². The van der Waals surface area contributed by atoms with Gasteiger partial charge in [0, 0.05) is 20.2 Å². The molecule has 1 heterocycles. The number of nitrogens with zero attached hydrogens (tertiary/aromatic N) is 1. The van der Waals surface area contributed by atoms with Crippen molar-refractivity contribution in [3.05, 3.63) is 22.4 Å². The molecule has 6 nitrogen and oxygen atoms in total. The molecule has 7 heteroatoms. The van der Waals surface area contributed by atoms with Crippen molar-refractivity contribution >= 4 is 23.3 Å². The minimum absolute atomic E-state index is 0.248. The number of carbonyl (C=O) groups is 2. The van der Waals surface area contributed by atoms with Crippen LogP contribution in [0.5, 0.6) is 0 Å². The molecule has 0 fully saturated rings. The van der Waals surface area contributed by atoms with Gasteiger partial charge in [-0.2, -0.15) is 11.3 Å². The molecule has 1 aromatic heterocycles. The van der Waals surface area contributed by atoms with Gasteiger partial charge in [0.05, 0.1) is 6.61 Å². The first-order valence-electron chi connectivity index (χ1n) is 5.38. The van der Waals surface area contributed by atoms with Gasteiger partial charge in [-0.3, -0.25) is 4.79 Å². The summed E-state index contributed by atoms with van der Waals surface area (Å²) in [5, 5.41) is 15.2. The molecular formula is C11H16N2O4S. The number of nitrogens with one attached hydrogen (secondary N) is 1. The highest BCUT2D eigenvalue weighted by Gasteiger charge is 2.15. The van der Waals surface area contributed by atoms with Crippen molar-refractivity contribution in [2.45, 2.75) is 6.54 Å². The van der Waals surface area contributed by atoms with Crippen molar-refractivity contribution in [1.82, 2.24) is 10.2 Å². The molecule has 0 atom stereocenters. The molecule has 100 valence electrons. The van der Waals surface area contributed by atoms with Crippen LogP contribution in [0.1, 0.15) is 5.56 Å². The molecule has 2 amide bonds. The second kappa shape index (κ2) is 7.67. The number of rotatable bonds is 7. The van der Waals surface area contributed by atoms with E-state index in [1.807, 2.05) is 16.8 Å². The quantitative estimate of drug-likeness (QED) is 0.776. The predicted molar refractivity (Wildman–Crippen MR) is 67.6 cm³/mol. The van der Waals surface area contributed by atoms with Gasteiger partial charge in [-0.05, 0) is 22.4 Å². The zero-order valence-corrected chi connectivity index (χ0v) is 10.9. The highest BCUT2D eigenvalue weighted by atomic mass is 32.1. The second-order valence-corrected chi connectivity index (χ2v) is 4.38. The van der Waals surface area contributed by atoms with E-state index >= 15 is 0 Å². The number of aliphatic carboxylic acids is 1. The summed E-state index contributed by atoms with van der Waals surface area (Å²) >= 11 is 1.55. The summed E-state index contributed by atoms with van der Waals surface area (Å²) in [6.45, 7) is 0.613. The third-order valence-electron chi connectivity index (χ3n) is 2.20. The number of carboxylic acid groups (broad SMARTS) is 1. The Balaban J connectivity index is 2.44. The van der Waals surface area contributed by atoms with Crippen LogP contribution in [0.4, 0.5) is 4.79 Å². The van der Waals surface area contributed by atoms with E-state index in [9.17, 15) is 9.59 Å². The smallest absolute Gasteiger partial charge is 0.323 e. The fourth-order valence-corrected chi connectivity index (χ4v) is 1.97. The average Bonchev–Trinajstić information content (AvgIpc) is 2.84. The Labute approximate surface area is 109 Å². The van der Waals surface area contributed by atoms with E-state index in [1.165, 1.54) is 12.0 Å². The monoisotopic (exact) mass is 272 g/mol. The van der Waals surface area contributed by atoms with Crippen LogP contribution in [0.15, 0.2) is 16.8 Å². The predicted octanol–water partition coefficient (Wildman–Crippen LogP) is 0.991.